The number of hydrogen-bond donors (Lipinski definition) is 3. The summed E-state index contributed by atoms with van der Waals surface area (Å²) in [5.74, 6) is -0.639. The van der Waals surface area contributed by atoms with Gasteiger partial charge in [0.05, 0.1) is 4.47 Å². The molecule has 32 heavy (non-hydrogen) atoms. The minimum atomic E-state index is -0.936. The number of aromatic amines is 1. The van der Waals surface area contributed by atoms with Gasteiger partial charge in [-0.25, -0.2) is 14.6 Å². The van der Waals surface area contributed by atoms with Crippen LogP contribution in [0, 0.1) is 12.7 Å². The van der Waals surface area contributed by atoms with E-state index < -0.39 is 17.5 Å². The number of nitrogens with zero attached hydrogens (tertiary/aromatic N) is 3. The molecule has 2 amide bonds. The molecule has 0 radical (unpaired) electrons. The Labute approximate surface area is 192 Å². The normalized spacial score (nSPS) is 19.1. The average molecular weight is 507 g/mol. The molecule has 0 saturated carbocycles. The van der Waals surface area contributed by atoms with Gasteiger partial charge in [-0.15, -0.1) is 0 Å². The second-order valence-corrected chi connectivity index (χ2v) is 8.96. The molecule has 3 N–H and O–H groups in total. The fourth-order valence-electron chi connectivity index (χ4n) is 4.15. The fraction of sp³-hybridized carbons (Fsp3) is 0.429. The van der Waals surface area contributed by atoms with Gasteiger partial charge >= 0.3 is 6.09 Å². The predicted octanol–water partition coefficient (Wildman–Crippen LogP) is 2.72. The molecule has 170 valence electrons. The molecule has 2 aliphatic rings. The Morgan fingerprint density at radius 2 is 2.16 bits per heavy atom. The van der Waals surface area contributed by atoms with Gasteiger partial charge in [0.1, 0.15) is 17.2 Å². The number of likely N-dealkylation sites (tertiary alicyclic amines) is 1. The lowest BCUT2D eigenvalue weighted by Crippen LogP contribution is -2.57. The van der Waals surface area contributed by atoms with Crippen LogP contribution in [0.1, 0.15) is 41.5 Å². The maximum atomic E-state index is 14.1. The minimum absolute atomic E-state index is 0.102. The highest BCUT2D eigenvalue weighted by Gasteiger charge is 2.46. The van der Waals surface area contributed by atoms with Gasteiger partial charge in [-0.05, 0) is 41.9 Å². The smallest absolute Gasteiger partial charge is 0.428 e. The first-order valence-electron chi connectivity index (χ1n) is 10.3. The summed E-state index contributed by atoms with van der Waals surface area (Å²) in [4.78, 5) is 26.5. The Morgan fingerprint density at radius 1 is 1.41 bits per heavy atom. The van der Waals surface area contributed by atoms with Crippen molar-refractivity contribution in [3.8, 4) is 0 Å². The highest BCUT2D eigenvalue weighted by Crippen LogP contribution is 2.35. The fourth-order valence-corrected chi connectivity index (χ4v) is 4.60. The Balaban J connectivity index is 1.42. The van der Waals surface area contributed by atoms with Crippen LogP contribution in [0.5, 0.6) is 0 Å². The number of nitrogens with one attached hydrogen (secondary N) is 3. The van der Waals surface area contributed by atoms with Crippen LogP contribution in [0.4, 0.5) is 9.18 Å². The van der Waals surface area contributed by atoms with Gasteiger partial charge in [-0.3, -0.25) is 9.89 Å². The maximum absolute atomic E-state index is 14.1. The summed E-state index contributed by atoms with van der Waals surface area (Å²) in [6.45, 7) is 5.66. The van der Waals surface area contributed by atoms with E-state index in [0.29, 0.717) is 49.4 Å². The van der Waals surface area contributed by atoms with Crippen molar-refractivity contribution < 1.29 is 18.7 Å². The van der Waals surface area contributed by atoms with E-state index in [1.807, 2.05) is 13.8 Å². The zero-order valence-corrected chi connectivity index (χ0v) is 19.3. The molecule has 1 unspecified atom stereocenters. The standard InChI is InChI=1S/C21H24BrFN6O3/c1-12-10-16(26-25-12)19(30)24-13(2)11-29-8-6-21(7-9-29)18(27-28-20(31)32-21)14-4-3-5-15(23)17(14)22/h3-5,10,13H,6-9,11H2,1-2H3,(H,24,30)(H,25,26)(H,28,31). The van der Waals surface area contributed by atoms with Gasteiger partial charge < -0.3 is 15.0 Å². The van der Waals surface area contributed by atoms with Gasteiger partial charge in [0, 0.05) is 49.8 Å². The van der Waals surface area contributed by atoms with E-state index in [1.54, 1.807) is 18.2 Å². The summed E-state index contributed by atoms with van der Waals surface area (Å²) in [6, 6.07) is 6.29. The molecular formula is C21H24BrFN6O3. The molecule has 0 aliphatic carbocycles. The molecule has 9 nitrogen and oxygen atoms in total. The number of amides is 2. The van der Waals surface area contributed by atoms with Crippen LogP contribution in [0.25, 0.3) is 0 Å². The number of carbonyl (C=O) groups excluding carboxylic acids is 2. The molecule has 11 heteroatoms. The molecule has 1 fully saturated rings. The molecule has 0 bridgehead atoms. The lowest BCUT2D eigenvalue weighted by atomic mass is 9.82. The van der Waals surface area contributed by atoms with Crippen molar-refractivity contribution in [1.29, 1.82) is 0 Å². The Bertz CT molecular complexity index is 1060. The van der Waals surface area contributed by atoms with Gasteiger partial charge in [-0.2, -0.15) is 10.2 Å². The van der Waals surface area contributed by atoms with Crippen molar-refractivity contribution in [2.24, 2.45) is 5.10 Å². The molecule has 1 atom stereocenters. The van der Waals surface area contributed by atoms with Crippen molar-refractivity contribution in [3.05, 3.63) is 51.5 Å². The molecule has 3 heterocycles. The molecule has 1 aromatic carbocycles. The molecule has 1 aromatic heterocycles. The van der Waals surface area contributed by atoms with Gasteiger partial charge in [0.25, 0.3) is 5.91 Å². The number of halogens is 2. The summed E-state index contributed by atoms with van der Waals surface area (Å²) < 4.78 is 20.1. The molecule has 1 saturated heterocycles. The lowest BCUT2D eigenvalue weighted by Gasteiger charge is -2.43. The number of rotatable bonds is 5. The summed E-state index contributed by atoms with van der Waals surface area (Å²) in [5, 5.41) is 13.9. The van der Waals surface area contributed by atoms with Crippen molar-refractivity contribution in [2.45, 2.75) is 38.3 Å². The van der Waals surface area contributed by atoms with Crippen LogP contribution in [-0.4, -0.2) is 64.1 Å². The lowest BCUT2D eigenvalue weighted by molar-refractivity contribution is 0.00485. The third kappa shape index (κ3) is 4.53. The van der Waals surface area contributed by atoms with Gasteiger partial charge in [0.2, 0.25) is 0 Å². The summed E-state index contributed by atoms with van der Waals surface area (Å²) in [5.41, 5.74) is 3.64. The monoisotopic (exact) mass is 506 g/mol. The van der Waals surface area contributed by atoms with Crippen molar-refractivity contribution in [3.63, 3.8) is 0 Å². The number of carbonyl (C=O) groups is 2. The quantitative estimate of drug-likeness (QED) is 0.577. The molecule has 1 spiro atoms. The number of aryl methyl sites for hydroxylation is 1. The minimum Gasteiger partial charge on any atom is -0.435 e. The Morgan fingerprint density at radius 3 is 2.84 bits per heavy atom. The summed E-state index contributed by atoms with van der Waals surface area (Å²) in [6.07, 6.45) is 0.382. The molecule has 2 aliphatic heterocycles. The molecular weight excluding hydrogens is 483 g/mol. The molecule has 2 aromatic rings. The second-order valence-electron chi connectivity index (χ2n) is 8.17. The number of piperidine rings is 1. The molecule has 4 rings (SSSR count). The van der Waals surface area contributed by atoms with E-state index in [4.69, 9.17) is 4.74 Å². The number of ether oxygens (including phenoxy) is 1. The van der Waals surface area contributed by atoms with Crippen molar-refractivity contribution in [1.82, 2.24) is 25.8 Å². The number of H-pyrrole nitrogens is 1. The summed E-state index contributed by atoms with van der Waals surface area (Å²) >= 11 is 3.29. The number of hydrogen-bond acceptors (Lipinski definition) is 6. The predicted molar refractivity (Wildman–Crippen MR) is 119 cm³/mol. The third-order valence-electron chi connectivity index (χ3n) is 5.70. The van der Waals surface area contributed by atoms with Crippen LogP contribution in [0.2, 0.25) is 0 Å². The zero-order valence-electron chi connectivity index (χ0n) is 17.7. The highest BCUT2D eigenvalue weighted by molar-refractivity contribution is 9.10. The summed E-state index contributed by atoms with van der Waals surface area (Å²) in [7, 11) is 0. The number of aromatic nitrogens is 2. The second kappa shape index (κ2) is 8.99. The Hall–Kier alpha value is -2.79. The van der Waals surface area contributed by atoms with Crippen LogP contribution in [-0.2, 0) is 4.74 Å². The van der Waals surface area contributed by atoms with E-state index in [1.165, 1.54) is 6.07 Å². The van der Waals surface area contributed by atoms with Crippen molar-refractivity contribution in [2.75, 3.05) is 19.6 Å². The van der Waals surface area contributed by atoms with E-state index in [0.717, 1.165) is 5.69 Å². The SMILES string of the molecule is Cc1cc(C(=O)NC(C)CN2CCC3(CC2)OC(=O)NN=C3c2cccc(F)c2Br)n[nH]1. The maximum Gasteiger partial charge on any atom is 0.428 e. The Kier molecular flexibility index (Phi) is 6.29. The van der Waals surface area contributed by atoms with Crippen LogP contribution in [0.3, 0.4) is 0 Å². The zero-order chi connectivity index (χ0) is 22.9. The van der Waals surface area contributed by atoms with E-state index >= 15 is 0 Å². The topological polar surface area (TPSA) is 112 Å². The van der Waals surface area contributed by atoms with Gasteiger partial charge in [0.15, 0.2) is 5.60 Å². The first kappa shape index (κ1) is 22.4. The third-order valence-corrected chi connectivity index (χ3v) is 6.50. The number of hydrazone groups is 1. The van der Waals surface area contributed by atoms with Gasteiger partial charge in [-0.1, -0.05) is 12.1 Å². The highest BCUT2D eigenvalue weighted by atomic mass is 79.9. The first-order chi connectivity index (χ1) is 15.3. The van der Waals surface area contributed by atoms with Crippen LogP contribution in [0.15, 0.2) is 33.8 Å². The largest absolute Gasteiger partial charge is 0.435 e. The van der Waals surface area contributed by atoms with Crippen LogP contribution >= 0.6 is 15.9 Å². The first-order valence-corrected chi connectivity index (χ1v) is 11.1. The van der Waals surface area contributed by atoms with E-state index in [2.05, 4.69) is 46.9 Å². The average Bonchev–Trinajstić information content (AvgIpc) is 3.19. The van der Waals surface area contributed by atoms with E-state index in [-0.39, 0.29) is 16.4 Å². The number of benzene rings is 1. The van der Waals surface area contributed by atoms with Crippen LogP contribution < -0.4 is 10.7 Å². The van der Waals surface area contributed by atoms with Crippen molar-refractivity contribution >= 4 is 33.6 Å². The van der Waals surface area contributed by atoms with E-state index in [9.17, 15) is 14.0 Å².